The molecule has 0 amide bonds. The van der Waals surface area contributed by atoms with Gasteiger partial charge in [-0.05, 0) is 19.5 Å². The van der Waals surface area contributed by atoms with Crippen LogP contribution < -0.4 is 0 Å². The molecule has 1 aliphatic rings. The number of ketones is 1. The molecule has 1 aliphatic heterocycles. The van der Waals surface area contributed by atoms with Crippen LogP contribution in [0.25, 0.3) is 10.9 Å². The maximum absolute atomic E-state index is 12.7. The molecule has 1 aromatic heterocycles. The van der Waals surface area contributed by atoms with E-state index in [9.17, 15) is 4.79 Å². The Bertz CT molecular complexity index is 639. The first-order valence-electron chi connectivity index (χ1n) is 7.74. The summed E-state index contributed by atoms with van der Waals surface area (Å²) in [5.74, 6) is 0.231. The number of para-hydroxylation sites is 1. The minimum atomic E-state index is 0.231. The number of likely N-dealkylation sites (N-methyl/N-ethyl adjacent to an activating group) is 1. The fraction of sp³-hybridized carbons (Fsp3) is 0.471. The Balaban J connectivity index is 1.74. The number of nitrogens with one attached hydrogen (secondary N) is 1. The van der Waals surface area contributed by atoms with Crippen molar-refractivity contribution in [2.75, 3.05) is 39.3 Å². The number of H-pyrrole nitrogens is 1. The first kappa shape index (κ1) is 14.3. The van der Waals surface area contributed by atoms with Crippen LogP contribution in [0, 0.1) is 6.92 Å². The van der Waals surface area contributed by atoms with Crippen LogP contribution in [0.15, 0.2) is 24.3 Å². The molecule has 0 radical (unpaired) electrons. The van der Waals surface area contributed by atoms with Crippen molar-refractivity contribution in [1.29, 1.82) is 0 Å². The van der Waals surface area contributed by atoms with Crippen LogP contribution in [0.3, 0.4) is 0 Å². The van der Waals surface area contributed by atoms with Gasteiger partial charge >= 0.3 is 0 Å². The number of aromatic nitrogens is 1. The number of hydrogen-bond donors (Lipinski definition) is 1. The Kier molecular flexibility index (Phi) is 4.08. The summed E-state index contributed by atoms with van der Waals surface area (Å²) >= 11 is 0. The van der Waals surface area contributed by atoms with Crippen molar-refractivity contribution in [3.63, 3.8) is 0 Å². The molecule has 1 saturated heterocycles. The number of piperazine rings is 1. The van der Waals surface area contributed by atoms with Crippen LogP contribution >= 0.6 is 0 Å². The van der Waals surface area contributed by atoms with Crippen molar-refractivity contribution < 1.29 is 4.79 Å². The minimum absolute atomic E-state index is 0.231. The van der Waals surface area contributed by atoms with Gasteiger partial charge in [-0.2, -0.15) is 0 Å². The Morgan fingerprint density at radius 3 is 2.52 bits per heavy atom. The van der Waals surface area contributed by atoms with E-state index in [2.05, 4.69) is 21.7 Å². The van der Waals surface area contributed by atoms with Gasteiger partial charge in [0, 0.05) is 48.3 Å². The number of aromatic amines is 1. The fourth-order valence-electron chi connectivity index (χ4n) is 3.18. The quantitative estimate of drug-likeness (QED) is 0.876. The van der Waals surface area contributed by atoms with Crippen LogP contribution in [0.1, 0.15) is 23.0 Å². The maximum atomic E-state index is 12.7. The molecular formula is C17H23N3O. The van der Waals surface area contributed by atoms with Gasteiger partial charge in [-0.3, -0.25) is 9.69 Å². The third-order valence-corrected chi connectivity index (χ3v) is 4.45. The number of fused-ring (bicyclic) bond motifs is 1. The van der Waals surface area contributed by atoms with Gasteiger partial charge in [-0.15, -0.1) is 0 Å². The standard InChI is InChI=1S/C17H23N3O/c1-3-19-8-10-20(11-9-19)12-16(21)17-13(2)18-15-7-5-4-6-14(15)17/h4-7,18H,3,8-12H2,1-2H3. The van der Waals surface area contributed by atoms with Crippen molar-refractivity contribution in [2.45, 2.75) is 13.8 Å². The zero-order chi connectivity index (χ0) is 14.8. The highest BCUT2D eigenvalue weighted by Crippen LogP contribution is 2.22. The van der Waals surface area contributed by atoms with E-state index in [1.54, 1.807) is 0 Å². The van der Waals surface area contributed by atoms with Crippen molar-refractivity contribution in [3.05, 3.63) is 35.5 Å². The van der Waals surface area contributed by atoms with Gasteiger partial charge in [0.05, 0.1) is 6.54 Å². The summed E-state index contributed by atoms with van der Waals surface area (Å²) in [6.07, 6.45) is 0. The van der Waals surface area contributed by atoms with E-state index in [1.807, 2.05) is 31.2 Å². The lowest BCUT2D eigenvalue weighted by Gasteiger charge is -2.33. The molecule has 0 atom stereocenters. The van der Waals surface area contributed by atoms with Gasteiger partial charge in [0.1, 0.15) is 0 Å². The lowest BCUT2D eigenvalue weighted by atomic mass is 10.1. The van der Waals surface area contributed by atoms with E-state index in [0.717, 1.165) is 54.9 Å². The number of rotatable bonds is 4. The molecule has 2 heterocycles. The highest BCUT2D eigenvalue weighted by molar-refractivity contribution is 6.10. The second kappa shape index (κ2) is 6.00. The number of Topliss-reactive ketones (excluding diaryl/α,β-unsaturated/α-hetero) is 1. The molecule has 0 spiro atoms. The molecule has 4 nitrogen and oxygen atoms in total. The van der Waals surface area contributed by atoms with E-state index in [1.165, 1.54) is 0 Å². The summed E-state index contributed by atoms with van der Waals surface area (Å²) in [4.78, 5) is 20.7. The van der Waals surface area contributed by atoms with Gasteiger partial charge in [-0.1, -0.05) is 25.1 Å². The molecule has 1 fully saturated rings. The lowest BCUT2D eigenvalue weighted by Crippen LogP contribution is -2.47. The number of carbonyl (C=O) groups excluding carboxylic acids is 1. The fourth-order valence-corrected chi connectivity index (χ4v) is 3.18. The molecule has 0 saturated carbocycles. The second-order valence-corrected chi connectivity index (χ2v) is 5.80. The SMILES string of the molecule is CCN1CCN(CC(=O)c2c(C)[nH]c3ccccc23)CC1. The third-order valence-electron chi connectivity index (χ3n) is 4.45. The highest BCUT2D eigenvalue weighted by Gasteiger charge is 2.21. The van der Waals surface area contributed by atoms with Gasteiger partial charge in [-0.25, -0.2) is 0 Å². The van der Waals surface area contributed by atoms with Crippen LogP contribution in [0.4, 0.5) is 0 Å². The average Bonchev–Trinajstić information content (AvgIpc) is 2.83. The van der Waals surface area contributed by atoms with Crippen molar-refractivity contribution in [3.8, 4) is 0 Å². The number of hydrogen-bond acceptors (Lipinski definition) is 3. The molecule has 21 heavy (non-hydrogen) atoms. The smallest absolute Gasteiger partial charge is 0.179 e. The van der Waals surface area contributed by atoms with Crippen molar-refractivity contribution in [1.82, 2.24) is 14.8 Å². The molecule has 2 aromatic rings. The normalized spacial score (nSPS) is 17.4. The summed E-state index contributed by atoms with van der Waals surface area (Å²) in [6.45, 7) is 9.91. The van der Waals surface area contributed by atoms with E-state index in [0.29, 0.717) is 6.54 Å². The maximum Gasteiger partial charge on any atom is 0.179 e. The molecule has 1 aromatic carbocycles. The molecule has 0 bridgehead atoms. The Labute approximate surface area is 125 Å². The van der Waals surface area contributed by atoms with Gasteiger partial charge in [0.25, 0.3) is 0 Å². The second-order valence-electron chi connectivity index (χ2n) is 5.80. The predicted octanol–water partition coefficient (Wildman–Crippen LogP) is 2.30. The van der Waals surface area contributed by atoms with E-state index in [-0.39, 0.29) is 5.78 Å². The topological polar surface area (TPSA) is 39.3 Å². The molecule has 0 unspecified atom stereocenters. The van der Waals surface area contributed by atoms with E-state index in [4.69, 9.17) is 0 Å². The molecule has 3 rings (SSSR count). The van der Waals surface area contributed by atoms with Crippen LogP contribution in [-0.2, 0) is 0 Å². The first-order chi connectivity index (χ1) is 10.2. The molecule has 0 aliphatic carbocycles. The zero-order valence-corrected chi connectivity index (χ0v) is 12.9. The summed E-state index contributed by atoms with van der Waals surface area (Å²) in [5, 5.41) is 1.05. The van der Waals surface area contributed by atoms with Gasteiger partial charge in [0.2, 0.25) is 0 Å². The number of aryl methyl sites for hydroxylation is 1. The molecular weight excluding hydrogens is 262 g/mol. The van der Waals surface area contributed by atoms with Crippen LogP contribution in [-0.4, -0.2) is 59.8 Å². The van der Waals surface area contributed by atoms with Crippen LogP contribution in [0.5, 0.6) is 0 Å². The Morgan fingerprint density at radius 1 is 1.14 bits per heavy atom. The van der Waals surface area contributed by atoms with E-state index < -0.39 is 0 Å². The lowest BCUT2D eigenvalue weighted by molar-refractivity contribution is 0.0860. The Hall–Kier alpha value is -1.65. The van der Waals surface area contributed by atoms with E-state index >= 15 is 0 Å². The minimum Gasteiger partial charge on any atom is -0.358 e. The number of nitrogens with zero attached hydrogens (tertiary/aromatic N) is 2. The molecule has 1 N–H and O–H groups in total. The summed E-state index contributed by atoms with van der Waals surface area (Å²) in [5.41, 5.74) is 2.89. The molecule has 112 valence electrons. The highest BCUT2D eigenvalue weighted by atomic mass is 16.1. The third kappa shape index (κ3) is 2.87. The van der Waals surface area contributed by atoms with Crippen LogP contribution in [0.2, 0.25) is 0 Å². The monoisotopic (exact) mass is 285 g/mol. The van der Waals surface area contributed by atoms with Crippen molar-refractivity contribution >= 4 is 16.7 Å². The predicted molar refractivity (Wildman–Crippen MR) is 85.9 cm³/mol. The number of benzene rings is 1. The summed E-state index contributed by atoms with van der Waals surface area (Å²) in [6, 6.07) is 8.04. The summed E-state index contributed by atoms with van der Waals surface area (Å²) in [7, 11) is 0. The average molecular weight is 285 g/mol. The van der Waals surface area contributed by atoms with Gasteiger partial charge in [0.15, 0.2) is 5.78 Å². The number of carbonyl (C=O) groups is 1. The summed E-state index contributed by atoms with van der Waals surface area (Å²) < 4.78 is 0. The van der Waals surface area contributed by atoms with Crippen molar-refractivity contribution in [2.24, 2.45) is 0 Å². The first-order valence-corrected chi connectivity index (χ1v) is 7.74. The largest absolute Gasteiger partial charge is 0.358 e. The van der Waals surface area contributed by atoms with Gasteiger partial charge < -0.3 is 9.88 Å². The Morgan fingerprint density at radius 2 is 1.81 bits per heavy atom. The molecule has 4 heteroatoms. The zero-order valence-electron chi connectivity index (χ0n) is 12.9.